The van der Waals surface area contributed by atoms with Crippen LogP contribution in [0.5, 0.6) is 0 Å². The second-order valence-electron chi connectivity index (χ2n) is 6.41. The van der Waals surface area contributed by atoms with Gasteiger partial charge in [-0.25, -0.2) is 4.39 Å². The Bertz CT molecular complexity index is 921. The molecule has 6 heteroatoms. The smallest absolute Gasteiger partial charge is 0.170 e. The Morgan fingerprint density at radius 3 is 2.52 bits per heavy atom. The third-order valence-corrected chi connectivity index (χ3v) is 4.69. The molecule has 3 aromatic rings. The Morgan fingerprint density at radius 2 is 1.78 bits per heavy atom. The second-order valence-corrected chi connectivity index (χ2v) is 6.82. The van der Waals surface area contributed by atoms with Crippen LogP contribution in [0, 0.1) is 19.7 Å². The molecular weight excluding hydrogens is 359 g/mol. The largest absolute Gasteiger partial charge is 0.362 e. The molecule has 140 valence electrons. The summed E-state index contributed by atoms with van der Waals surface area (Å²) in [5.41, 5.74) is 4.48. The summed E-state index contributed by atoms with van der Waals surface area (Å²) in [6, 6.07) is 17.0. The molecule has 0 aliphatic carbocycles. The van der Waals surface area contributed by atoms with Gasteiger partial charge >= 0.3 is 0 Å². The van der Waals surface area contributed by atoms with Gasteiger partial charge in [0.15, 0.2) is 5.11 Å². The molecule has 0 aliphatic heterocycles. The second kappa shape index (κ2) is 8.77. The van der Waals surface area contributed by atoms with Crippen LogP contribution in [0.15, 0.2) is 54.6 Å². The number of hydrogen-bond acceptors (Lipinski definition) is 2. The van der Waals surface area contributed by atoms with Crippen molar-refractivity contribution in [3.8, 4) is 0 Å². The minimum atomic E-state index is -0.224. The number of nitrogens with one attached hydrogen (secondary N) is 2. The van der Waals surface area contributed by atoms with Crippen molar-refractivity contribution in [2.45, 2.75) is 26.8 Å². The average Bonchev–Trinajstić information content (AvgIpc) is 2.92. The fourth-order valence-electron chi connectivity index (χ4n) is 2.94. The van der Waals surface area contributed by atoms with Gasteiger partial charge in [-0.05, 0) is 44.1 Å². The summed E-state index contributed by atoms with van der Waals surface area (Å²) in [5.74, 6) is -0.224. The number of rotatable bonds is 6. The molecule has 0 aliphatic rings. The van der Waals surface area contributed by atoms with Crippen LogP contribution in [0.1, 0.15) is 22.5 Å². The van der Waals surface area contributed by atoms with Crippen molar-refractivity contribution >= 4 is 23.0 Å². The highest BCUT2D eigenvalue weighted by Crippen LogP contribution is 2.21. The van der Waals surface area contributed by atoms with Gasteiger partial charge in [0.05, 0.1) is 23.6 Å². The number of aryl methyl sites for hydroxylation is 1. The van der Waals surface area contributed by atoms with E-state index in [0.29, 0.717) is 17.2 Å². The molecule has 1 heterocycles. The number of aromatic nitrogens is 2. The number of hydrogen-bond donors (Lipinski definition) is 2. The number of benzene rings is 2. The van der Waals surface area contributed by atoms with E-state index in [0.717, 1.165) is 30.0 Å². The van der Waals surface area contributed by atoms with Crippen molar-refractivity contribution in [1.82, 2.24) is 15.1 Å². The van der Waals surface area contributed by atoms with E-state index in [1.165, 1.54) is 11.6 Å². The molecule has 3 rings (SSSR count). The van der Waals surface area contributed by atoms with Crippen LogP contribution in [-0.4, -0.2) is 21.4 Å². The predicted molar refractivity (Wildman–Crippen MR) is 112 cm³/mol. The van der Waals surface area contributed by atoms with Gasteiger partial charge in [-0.15, -0.1) is 0 Å². The zero-order chi connectivity index (χ0) is 19.2. The third-order valence-electron chi connectivity index (χ3n) is 4.44. The zero-order valence-corrected chi connectivity index (χ0v) is 16.3. The fourth-order valence-corrected chi connectivity index (χ4v) is 3.15. The van der Waals surface area contributed by atoms with E-state index in [1.807, 2.05) is 38.1 Å². The Kier molecular flexibility index (Phi) is 6.19. The normalized spacial score (nSPS) is 10.6. The summed E-state index contributed by atoms with van der Waals surface area (Å²) >= 11 is 5.41. The van der Waals surface area contributed by atoms with Crippen LogP contribution in [0.4, 0.5) is 10.1 Å². The lowest BCUT2D eigenvalue weighted by molar-refractivity contribution is 0.579. The number of anilines is 1. The lowest BCUT2D eigenvalue weighted by atomic mass is 10.1. The van der Waals surface area contributed by atoms with E-state index in [1.54, 1.807) is 16.8 Å². The van der Waals surface area contributed by atoms with Gasteiger partial charge in [0.25, 0.3) is 0 Å². The van der Waals surface area contributed by atoms with E-state index in [9.17, 15) is 4.39 Å². The van der Waals surface area contributed by atoms with E-state index in [4.69, 9.17) is 12.2 Å². The van der Waals surface area contributed by atoms with E-state index in [-0.39, 0.29) is 5.82 Å². The topological polar surface area (TPSA) is 41.9 Å². The molecule has 0 fully saturated rings. The Morgan fingerprint density at radius 1 is 1.07 bits per heavy atom. The highest BCUT2D eigenvalue weighted by Gasteiger charge is 2.14. The average molecular weight is 383 g/mol. The van der Waals surface area contributed by atoms with Crippen LogP contribution < -0.4 is 10.6 Å². The summed E-state index contributed by atoms with van der Waals surface area (Å²) in [7, 11) is 0. The van der Waals surface area contributed by atoms with Gasteiger partial charge in [0, 0.05) is 12.1 Å². The molecule has 0 spiro atoms. The molecule has 0 saturated carbocycles. The van der Waals surface area contributed by atoms with Gasteiger partial charge in [-0.1, -0.05) is 48.5 Å². The first kappa shape index (κ1) is 19.0. The van der Waals surface area contributed by atoms with E-state index in [2.05, 4.69) is 27.9 Å². The summed E-state index contributed by atoms with van der Waals surface area (Å²) in [6.45, 7) is 5.00. The molecule has 2 N–H and O–H groups in total. The minimum absolute atomic E-state index is 0.224. The lowest BCUT2D eigenvalue weighted by Crippen LogP contribution is -2.30. The van der Waals surface area contributed by atoms with Crippen LogP contribution in [-0.2, 0) is 13.0 Å². The SMILES string of the molecule is Cc1nn(Cc2ccccc2F)c(C)c1NC(=S)NCCc1ccccc1. The molecule has 1 aromatic heterocycles. The molecule has 4 nitrogen and oxygen atoms in total. The minimum Gasteiger partial charge on any atom is -0.362 e. The maximum Gasteiger partial charge on any atom is 0.170 e. The van der Waals surface area contributed by atoms with Crippen molar-refractivity contribution < 1.29 is 4.39 Å². The van der Waals surface area contributed by atoms with Gasteiger partial charge in [0.2, 0.25) is 0 Å². The van der Waals surface area contributed by atoms with Gasteiger partial charge < -0.3 is 10.6 Å². The maximum atomic E-state index is 13.9. The van der Waals surface area contributed by atoms with Gasteiger partial charge in [-0.3, -0.25) is 4.68 Å². The van der Waals surface area contributed by atoms with E-state index < -0.39 is 0 Å². The Balaban J connectivity index is 1.60. The number of halogens is 1. The molecule has 0 amide bonds. The van der Waals surface area contributed by atoms with Crippen LogP contribution >= 0.6 is 12.2 Å². The molecule has 27 heavy (non-hydrogen) atoms. The van der Waals surface area contributed by atoms with Gasteiger partial charge in [-0.2, -0.15) is 5.10 Å². The Hall–Kier alpha value is -2.73. The molecule has 0 atom stereocenters. The number of nitrogens with zero attached hydrogens (tertiary/aromatic N) is 2. The molecular formula is C21H23FN4S. The maximum absolute atomic E-state index is 13.9. The fraction of sp³-hybridized carbons (Fsp3) is 0.238. The number of thiocarbonyl (C=S) groups is 1. The van der Waals surface area contributed by atoms with Crippen molar-refractivity contribution in [3.63, 3.8) is 0 Å². The predicted octanol–water partition coefficient (Wildman–Crippen LogP) is 4.22. The molecule has 0 saturated heterocycles. The first-order valence-corrected chi connectivity index (χ1v) is 9.31. The van der Waals surface area contributed by atoms with Crippen LogP contribution in [0.3, 0.4) is 0 Å². The lowest BCUT2D eigenvalue weighted by Gasteiger charge is -2.11. The Labute approximate surface area is 164 Å². The monoisotopic (exact) mass is 382 g/mol. The first-order valence-electron chi connectivity index (χ1n) is 8.91. The summed E-state index contributed by atoms with van der Waals surface area (Å²) in [6.07, 6.45) is 0.896. The molecule has 0 unspecified atom stereocenters. The zero-order valence-electron chi connectivity index (χ0n) is 15.5. The summed E-state index contributed by atoms with van der Waals surface area (Å²) in [4.78, 5) is 0. The van der Waals surface area contributed by atoms with Crippen LogP contribution in [0.2, 0.25) is 0 Å². The first-order chi connectivity index (χ1) is 13.0. The van der Waals surface area contributed by atoms with E-state index >= 15 is 0 Å². The quantitative estimate of drug-likeness (QED) is 0.627. The van der Waals surface area contributed by atoms with Gasteiger partial charge in [0.1, 0.15) is 5.82 Å². The molecule has 0 radical (unpaired) electrons. The molecule has 0 bridgehead atoms. The van der Waals surface area contributed by atoms with Crippen molar-refractivity contribution in [2.75, 3.05) is 11.9 Å². The molecule has 2 aromatic carbocycles. The van der Waals surface area contributed by atoms with Crippen molar-refractivity contribution in [2.24, 2.45) is 0 Å². The van der Waals surface area contributed by atoms with Crippen molar-refractivity contribution in [3.05, 3.63) is 82.9 Å². The van der Waals surface area contributed by atoms with Crippen LogP contribution in [0.25, 0.3) is 0 Å². The summed E-state index contributed by atoms with van der Waals surface area (Å²) in [5, 5.41) is 11.5. The highest BCUT2D eigenvalue weighted by atomic mass is 32.1. The third kappa shape index (κ3) is 4.92. The highest BCUT2D eigenvalue weighted by molar-refractivity contribution is 7.80. The van der Waals surface area contributed by atoms with Crippen molar-refractivity contribution in [1.29, 1.82) is 0 Å². The summed E-state index contributed by atoms with van der Waals surface area (Å²) < 4.78 is 15.7. The standard InChI is InChI=1S/C21H23FN4S/c1-15-20(24-21(27)23-13-12-17-8-4-3-5-9-17)16(2)26(25-15)14-18-10-6-7-11-19(18)22/h3-11H,12-14H2,1-2H3,(H2,23,24,27).